The largest absolute Gasteiger partial charge is 0.372 e. The van der Waals surface area contributed by atoms with E-state index in [1.54, 1.807) is 0 Å². The summed E-state index contributed by atoms with van der Waals surface area (Å²) in [5.74, 6) is 0.989. The number of rotatable bonds is 12. The Morgan fingerprint density at radius 3 is 1.89 bits per heavy atom. The van der Waals surface area contributed by atoms with Crippen molar-refractivity contribution >= 4 is 17.5 Å². The van der Waals surface area contributed by atoms with E-state index in [4.69, 9.17) is 0 Å². The molecule has 2 nitrogen and oxygen atoms in total. The maximum Gasteiger partial charge on any atom is 0.174 e. The lowest BCUT2D eigenvalue weighted by atomic mass is 10.0. The highest BCUT2D eigenvalue weighted by Gasteiger charge is 2.41. The van der Waals surface area contributed by atoms with Gasteiger partial charge in [0.25, 0.3) is 0 Å². The minimum Gasteiger partial charge on any atom is -0.372 e. The van der Waals surface area contributed by atoms with Gasteiger partial charge in [-0.05, 0) is 6.42 Å². The van der Waals surface area contributed by atoms with Crippen molar-refractivity contribution < 1.29 is 9.90 Å². The number of aliphatic hydroxyl groups is 1. The summed E-state index contributed by atoms with van der Waals surface area (Å²) < 4.78 is 0. The predicted octanol–water partition coefficient (Wildman–Crippen LogP) is 4.69. The maximum atomic E-state index is 11.7. The molecule has 3 heteroatoms. The number of Topliss-reactive ketones (excluding diaryl/α,β-unsaturated/α-hetero) is 1. The van der Waals surface area contributed by atoms with E-state index in [0.29, 0.717) is 12.8 Å². The van der Waals surface area contributed by atoms with Gasteiger partial charge in [0.1, 0.15) is 0 Å². The quantitative estimate of drug-likeness (QED) is 0.529. The molecule has 0 amide bonds. The summed E-state index contributed by atoms with van der Waals surface area (Å²) in [7, 11) is 0. The van der Waals surface area contributed by atoms with E-state index in [9.17, 15) is 9.90 Å². The molecule has 1 N–H and O–H groups in total. The molecule has 0 aromatic heterocycles. The fourth-order valence-electron chi connectivity index (χ4n) is 2.48. The molecular formula is C16H30O2S. The molecule has 1 heterocycles. The Hall–Kier alpha value is -0.0200. The summed E-state index contributed by atoms with van der Waals surface area (Å²) in [6, 6.07) is 0. The molecule has 1 atom stereocenters. The molecule has 0 aromatic carbocycles. The van der Waals surface area contributed by atoms with Gasteiger partial charge in [-0.3, -0.25) is 4.79 Å². The van der Waals surface area contributed by atoms with Crippen LogP contribution in [0.2, 0.25) is 0 Å². The van der Waals surface area contributed by atoms with E-state index in [-0.39, 0.29) is 5.78 Å². The Labute approximate surface area is 122 Å². The Morgan fingerprint density at radius 2 is 1.47 bits per heavy atom. The monoisotopic (exact) mass is 286 g/mol. The van der Waals surface area contributed by atoms with Crippen LogP contribution in [0.3, 0.4) is 0 Å². The first-order valence-electron chi connectivity index (χ1n) is 8.08. The Morgan fingerprint density at radius 1 is 1.00 bits per heavy atom. The fraction of sp³-hybridized carbons (Fsp3) is 0.938. The second-order valence-corrected chi connectivity index (χ2v) is 7.11. The van der Waals surface area contributed by atoms with Crippen molar-refractivity contribution in [2.24, 2.45) is 0 Å². The SMILES string of the molecule is CCCCCCCCCCCCC(=O)C1(O)CCS1. The van der Waals surface area contributed by atoms with Gasteiger partial charge in [-0.2, -0.15) is 0 Å². The van der Waals surface area contributed by atoms with E-state index < -0.39 is 4.93 Å². The molecule has 0 aromatic rings. The van der Waals surface area contributed by atoms with Crippen LogP contribution in [0.25, 0.3) is 0 Å². The molecule has 0 saturated carbocycles. The van der Waals surface area contributed by atoms with Crippen LogP contribution in [0, 0.1) is 0 Å². The number of unbranched alkanes of at least 4 members (excludes halogenated alkanes) is 9. The van der Waals surface area contributed by atoms with Gasteiger partial charge in [-0.1, -0.05) is 64.7 Å². The molecule has 1 aliphatic rings. The van der Waals surface area contributed by atoms with Crippen LogP contribution in [-0.4, -0.2) is 21.6 Å². The van der Waals surface area contributed by atoms with Gasteiger partial charge in [0.15, 0.2) is 10.7 Å². The third-order valence-electron chi connectivity index (χ3n) is 3.97. The molecule has 1 rings (SSSR count). The second kappa shape index (κ2) is 9.82. The van der Waals surface area contributed by atoms with Crippen molar-refractivity contribution in [2.75, 3.05) is 5.75 Å². The van der Waals surface area contributed by atoms with Crippen molar-refractivity contribution in [3.05, 3.63) is 0 Å². The Bertz CT molecular complexity index is 249. The highest BCUT2D eigenvalue weighted by Crippen LogP contribution is 2.39. The van der Waals surface area contributed by atoms with Crippen LogP contribution in [0.15, 0.2) is 0 Å². The summed E-state index contributed by atoms with van der Waals surface area (Å²) in [6.45, 7) is 2.25. The Kier molecular flexibility index (Phi) is 8.80. The number of hydrogen-bond donors (Lipinski definition) is 1. The van der Waals surface area contributed by atoms with Crippen LogP contribution in [0.4, 0.5) is 0 Å². The smallest absolute Gasteiger partial charge is 0.174 e. The molecule has 0 spiro atoms. The molecule has 1 saturated heterocycles. The van der Waals surface area contributed by atoms with E-state index in [1.807, 2.05) is 0 Å². The van der Waals surface area contributed by atoms with Gasteiger partial charge in [-0.25, -0.2) is 0 Å². The normalized spacial score (nSPS) is 22.2. The highest BCUT2D eigenvalue weighted by molar-refractivity contribution is 8.02. The first-order chi connectivity index (χ1) is 9.19. The lowest BCUT2D eigenvalue weighted by Gasteiger charge is -2.34. The number of hydrogen-bond acceptors (Lipinski definition) is 3. The topological polar surface area (TPSA) is 37.3 Å². The van der Waals surface area contributed by atoms with E-state index in [1.165, 1.54) is 63.1 Å². The van der Waals surface area contributed by atoms with Gasteiger partial charge in [0, 0.05) is 18.6 Å². The summed E-state index contributed by atoms with van der Waals surface area (Å²) in [6.07, 6.45) is 14.1. The van der Waals surface area contributed by atoms with Gasteiger partial charge in [0.05, 0.1) is 0 Å². The number of carbonyl (C=O) groups excluding carboxylic acids is 1. The highest BCUT2D eigenvalue weighted by atomic mass is 32.2. The summed E-state index contributed by atoms with van der Waals surface area (Å²) in [5.41, 5.74) is 0. The number of carbonyl (C=O) groups is 1. The van der Waals surface area contributed by atoms with Gasteiger partial charge >= 0.3 is 0 Å². The molecule has 0 radical (unpaired) electrons. The first kappa shape index (κ1) is 17.0. The lowest BCUT2D eigenvalue weighted by Crippen LogP contribution is -2.42. The molecule has 1 unspecified atom stereocenters. The molecule has 112 valence electrons. The molecule has 0 bridgehead atoms. The zero-order chi connectivity index (χ0) is 14.0. The van der Waals surface area contributed by atoms with E-state index in [0.717, 1.165) is 18.6 Å². The van der Waals surface area contributed by atoms with Gasteiger partial charge < -0.3 is 5.11 Å². The van der Waals surface area contributed by atoms with Crippen LogP contribution in [-0.2, 0) is 4.79 Å². The molecule has 0 aliphatic carbocycles. The third kappa shape index (κ3) is 6.80. The van der Waals surface area contributed by atoms with Crippen LogP contribution >= 0.6 is 11.8 Å². The van der Waals surface area contributed by atoms with Crippen molar-refractivity contribution in [3.63, 3.8) is 0 Å². The Balaban J connectivity index is 1.82. The molecule has 1 aliphatic heterocycles. The van der Waals surface area contributed by atoms with Crippen LogP contribution in [0.1, 0.15) is 84.0 Å². The minimum absolute atomic E-state index is 0.0586. The van der Waals surface area contributed by atoms with Crippen LogP contribution < -0.4 is 0 Å². The predicted molar refractivity (Wildman–Crippen MR) is 83.5 cm³/mol. The molecule has 19 heavy (non-hydrogen) atoms. The maximum absolute atomic E-state index is 11.7. The molecular weight excluding hydrogens is 256 g/mol. The molecule has 1 fully saturated rings. The van der Waals surface area contributed by atoms with E-state index in [2.05, 4.69) is 6.92 Å². The fourth-order valence-corrected chi connectivity index (χ4v) is 3.34. The average Bonchev–Trinajstić information content (AvgIpc) is 2.38. The summed E-state index contributed by atoms with van der Waals surface area (Å²) in [4.78, 5) is 10.7. The second-order valence-electron chi connectivity index (χ2n) is 5.74. The first-order valence-corrected chi connectivity index (χ1v) is 9.07. The number of ketones is 1. The zero-order valence-corrected chi connectivity index (χ0v) is 13.3. The van der Waals surface area contributed by atoms with Crippen molar-refractivity contribution in [1.29, 1.82) is 0 Å². The van der Waals surface area contributed by atoms with Crippen molar-refractivity contribution in [3.8, 4) is 0 Å². The van der Waals surface area contributed by atoms with Crippen molar-refractivity contribution in [1.82, 2.24) is 0 Å². The minimum atomic E-state index is -1.00. The lowest BCUT2D eigenvalue weighted by molar-refractivity contribution is -0.130. The summed E-state index contributed by atoms with van der Waals surface area (Å²) in [5, 5.41) is 9.84. The number of thioether (sulfide) groups is 1. The average molecular weight is 286 g/mol. The third-order valence-corrected chi connectivity index (χ3v) is 5.29. The van der Waals surface area contributed by atoms with Gasteiger partial charge in [0.2, 0.25) is 0 Å². The van der Waals surface area contributed by atoms with E-state index >= 15 is 0 Å². The standard InChI is InChI=1S/C16H30O2S/c1-2-3-4-5-6-7-8-9-10-11-12-15(17)16(18)13-14-19-16/h18H,2-14H2,1H3. The van der Waals surface area contributed by atoms with Crippen molar-refractivity contribution in [2.45, 2.75) is 88.9 Å². The van der Waals surface area contributed by atoms with Crippen LogP contribution in [0.5, 0.6) is 0 Å². The zero-order valence-electron chi connectivity index (χ0n) is 12.5. The van der Waals surface area contributed by atoms with Gasteiger partial charge in [-0.15, -0.1) is 11.8 Å². The summed E-state index contributed by atoms with van der Waals surface area (Å²) >= 11 is 1.40.